The number of pyridine rings is 1. The van der Waals surface area contributed by atoms with E-state index in [-0.39, 0.29) is 6.42 Å². The average molecular weight is 328 g/mol. The minimum atomic E-state index is 0.228. The van der Waals surface area contributed by atoms with Crippen molar-refractivity contribution < 1.29 is 4.74 Å². The van der Waals surface area contributed by atoms with Gasteiger partial charge in [-0.2, -0.15) is 5.26 Å². The van der Waals surface area contributed by atoms with Gasteiger partial charge in [-0.05, 0) is 23.3 Å². The third-order valence-corrected chi connectivity index (χ3v) is 3.93. The Hall–Kier alpha value is -1.47. The highest BCUT2D eigenvalue weighted by Gasteiger charge is 2.12. The molecule has 2 aromatic rings. The second-order valence-electron chi connectivity index (χ2n) is 3.97. The fourth-order valence-electron chi connectivity index (χ4n) is 1.79. The summed E-state index contributed by atoms with van der Waals surface area (Å²) in [6, 6.07) is 7.22. The quantitative estimate of drug-likeness (QED) is 0.762. The van der Waals surface area contributed by atoms with Gasteiger partial charge in [-0.25, -0.2) is 4.98 Å². The van der Waals surface area contributed by atoms with E-state index in [0.717, 1.165) is 16.7 Å². The van der Waals surface area contributed by atoms with Crippen LogP contribution in [0.2, 0.25) is 15.1 Å². The maximum absolute atomic E-state index is 8.92. The van der Waals surface area contributed by atoms with Crippen LogP contribution in [-0.2, 0) is 6.42 Å². The fourth-order valence-corrected chi connectivity index (χ4v) is 2.39. The smallest absolute Gasteiger partial charge is 0.213 e. The summed E-state index contributed by atoms with van der Waals surface area (Å²) >= 11 is 18.0. The molecule has 0 radical (unpaired) electrons. The van der Waals surface area contributed by atoms with Crippen molar-refractivity contribution >= 4 is 34.8 Å². The number of ether oxygens (including phenoxy) is 1. The molecule has 1 aromatic heterocycles. The summed E-state index contributed by atoms with van der Waals surface area (Å²) in [5, 5.41) is 9.94. The predicted octanol–water partition coefficient (Wildman–Crippen LogP) is 4.78. The van der Waals surface area contributed by atoms with Gasteiger partial charge in [0.05, 0.1) is 34.7 Å². The number of nitrogens with zero attached hydrogens (tertiary/aromatic N) is 2. The van der Waals surface area contributed by atoms with Crippen molar-refractivity contribution in [3.05, 3.63) is 45.0 Å². The zero-order valence-corrected chi connectivity index (χ0v) is 12.7. The Kier molecular flexibility index (Phi) is 4.72. The normalized spacial score (nSPS) is 10.2. The van der Waals surface area contributed by atoms with E-state index in [1.54, 1.807) is 24.4 Å². The van der Waals surface area contributed by atoms with E-state index in [0.29, 0.717) is 20.9 Å². The lowest BCUT2D eigenvalue weighted by Crippen LogP contribution is -1.94. The molecular weight excluding hydrogens is 319 g/mol. The highest BCUT2D eigenvalue weighted by atomic mass is 35.5. The summed E-state index contributed by atoms with van der Waals surface area (Å²) in [7, 11) is 1.52. The average Bonchev–Trinajstić information content (AvgIpc) is 2.44. The number of hydrogen-bond acceptors (Lipinski definition) is 3. The summed E-state index contributed by atoms with van der Waals surface area (Å²) in [5.41, 5.74) is 2.31. The van der Waals surface area contributed by atoms with Gasteiger partial charge in [0, 0.05) is 17.8 Å². The topological polar surface area (TPSA) is 45.9 Å². The Bertz CT molecular complexity index is 672. The molecule has 0 aliphatic rings. The summed E-state index contributed by atoms with van der Waals surface area (Å²) in [6.45, 7) is 0. The van der Waals surface area contributed by atoms with Crippen LogP contribution in [0, 0.1) is 11.3 Å². The Morgan fingerprint density at radius 3 is 2.40 bits per heavy atom. The van der Waals surface area contributed by atoms with E-state index < -0.39 is 0 Å². The van der Waals surface area contributed by atoms with Gasteiger partial charge in [-0.3, -0.25) is 0 Å². The van der Waals surface area contributed by atoms with Crippen molar-refractivity contribution in [3.63, 3.8) is 0 Å². The Morgan fingerprint density at radius 1 is 1.20 bits per heavy atom. The van der Waals surface area contributed by atoms with Crippen LogP contribution in [-0.4, -0.2) is 12.1 Å². The van der Waals surface area contributed by atoms with E-state index in [4.69, 9.17) is 44.8 Å². The van der Waals surface area contributed by atoms with E-state index in [9.17, 15) is 0 Å². The molecular formula is C14H9Cl3N2O. The van der Waals surface area contributed by atoms with Gasteiger partial charge in [-0.15, -0.1) is 0 Å². The van der Waals surface area contributed by atoms with Crippen LogP contribution in [0.4, 0.5) is 0 Å². The van der Waals surface area contributed by atoms with E-state index in [2.05, 4.69) is 11.1 Å². The first-order chi connectivity index (χ1) is 9.56. The first kappa shape index (κ1) is 14.9. The van der Waals surface area contributed by atoms with Crippen molar-refractivity contribution in [2.45, 2.75) is 6.42 Å². The third-order valence-electron chi connectivity index (χ3n) is 2.74. The maximum atomic E-state index is 8.92. The van der Waals surface area contributed by atoms with E-state index >= 15 is 0 Å². The van der Waals surface area contributed by atoms with Gasteiger partial charge < -0.3 is 4.74 Å². The number of aromatic nitrogens is 1. The van der Waals surface area contributed by atoms with Gasteiger partial charge in [0.25, 0.3) is 0 Å². The molecule has 3 nitrogen and oxygen atoms in total. The molecule has 0 unspecified atom stereocenters. The number of rotatable bonds is 3. The first-order valence-electron chi connectivity index (χ1n) is 5.61. The Balaban J connectivity index is 2.60. The summed E-state index contributed by atoms with van der Waals surface area (Å²) in [4.78, 5) is 4.15. The zero-order valence-electron chi connectivity index (χ0n) is 10.5. The standard InChI is InChI=1S/C14H9Cl3N2O/c1-20-13-6-8(2-3-18)10(7-19-13)9-4-11(15)14(17)12(16)5-9/h4-7H,2H2,1H3. The van der Waals surface area contributed by atoms with Crippen LogP contribution in [0.1, 0.15) is 5.56 Å². The molecule has 0 amide bonds. The number of hydrogen-bond donors (Lipinski definition) is 0. The number of methoxy groups -OCH3 is 1. The second-order valence-corrected chi connectivity index (χ2v) is 5.16. The van der Waals surface area contributed by atoms with Gasteiger partial charge in [0.2, 0.25) is 5.88 Å². The molecule has 6 heteroatoms. The molecule has 0 atom stereocenters. The Labute approximate surface area is 131 Å². The third kappa shape index (κ3) is 2.99. The minimum Gasteiger partial charge on any atom is -0.481 e. The molecule has 0 spiro atoms. The van der Waals surface area contributed by atoms with Crippen molar-refractivity contribution in [2.75, 3.05) is 7.11 Å². The van der Waals surface area contributed by atoms with E-state index in [1.807, 2.05) is 0 Å². The largest absolute Gasteiger partial charge is 0.481 e. The summed E-state index contributed by atoms with van der Waals surface area (Å²) in [5.74, 6) is 0.449. The minimum absolute atomic E-state index is 0.228. The molecule has 0 aliphatic carbocycles. The number of benzene rings is 1. The molecule has 1 heterocycles. The molecule has 1 aromatic carbocycles. The summed E-state index contributed by atoms with van der Waals surface area (Å²) < 4.78 is 5.06. The molecule has 2 rings (SSSR count). The number of halogens is 3. The van der Waals surface area contributed by atoms with Crippen molar-refractivity contribution in [1.29, 1.82) is 5.26 Å². The predicted molar refractivity (Wildman–Crippen MR) is 80.6 cm³/mol. The molecule has 102 valence electrons. The molecule has 0 fully saturated rings. The highest BCUT2D eigenvalue weighted by Crippen LogP contribution is 2.36. The van der Waals surface area contributed by atoms with Gasteiger partial charge in [0.1, 0.15) is 0 Å². The van der Waals surface area contributed by atoms with Crippen molar-refractivity contribution in [1.82, 2.24) is 4.98 Å². The Morgan fingerprint density at radius 2 is 1.85 bits per heavy atom. The SMILES string of the molecule is COc1cc(CC#N)c(-c2cc(Cl)c(Cl)c(Cl)c2)cn1. The first-order valence-corrected chi connectivity index (χ1v) is 6.75. The lowest BCUT2D eigenvalue weighted by molar-refractivity contribution is 0.397. The van der Waals surface area contributed by atoms with Crippen LogP contribution in [0.15, 0.2) is 24.4 Å². The summed E-state index contributed by atoms with van der Waals surface area (Å²) in [6.07, 6.45) is 1.85. The van der Waals surface area contributed by atoms with Crippen LogP contribution < -0.4 is 4.74 Å². The molecule has 0 saturated heterocycles. The van der Waals surface area contributed by atoms with Crippen LogP contribution in [0.25, 0.3) is 11.1 Å². The fraction of sp³-hybridized carbons (Fsp3) is 0.143. The van der Waals surface area contributed by atoms with Crippen molar-refractivity contribution in [3.8, 4) is 23.1 Å². The van der Waals surface area contributed by atoms with Crippen LogP contribution >= 0.6 is 34.8 Å². The lowest BCUT2D eigenvalue weighted by Gasteiger charge is -2.10. The molecule has 0 bridgehead atoms. The van der Waals surface area contributed by atoms with Crippen LogP contribution in [0.5, 0.6) is 5.88 Å². The number of nitriles is 1. The lowest BCUT2D eigenvalue weighted by atomic mass is 10.0. The van der Waals surface area contributed by atoms with E-state index in [1.165, 1.54) is 7.11 Å². The molecule has 0 aliphatic heterocycles. The molecule has 20 heavy (non-hydrogen) atoms. The monoisotopic (exact) mass is 326 g/mol. The highest BCUT2D eigenvalue weighted by molar-refractivity contribution is 6.48. The molecule has 0 saturated carbocycles. The zero-order chi connectivity index (χ0) is 14.7. The second kappa shape index (κ2) is 6.32. The van der Waals surface area contributed by atoms with Gasteiger partial charge in [0.15, 0.2) is 0 Å². The van der Waals surface area contributed by atoms with Gasteiger partial charge in [-0.1, -0.05) is 34.8 Å². The maximum Gasteiger partial charge on any atom is 0.213 e. The van der Waals surface area contributed by atoms with Crippen molar-refractivity contribution in [2.24, 2.45) is 0 Å². The molecule has 0 N–H and O–H groups in total. The van der Waals surface area contributed by atoms with Gasteiger partial charge >= 0.3 is 0 Å². The van der Waals surface area contributed by atoms with Crippen LogP contribution in [0.3, 0.4) is 0 Å².